The number of hydrogen-bond acceptors (Lipinski definition) is 5. The Morgan fingerprint density at radius 2 is 2.08 bits per heavy atom. The molecule has 1 aliphatic rings. The highest BCUT2D eigenvalue weighted by Gasteiger charge is 2.33. The first-order chi connectivity index (χ1) is 12.0. The number of amides is 1. The highest BCUT2D eigenvalue weighted by Crippen LogP contribution is 2.37. The van der Waals surface area contributed by atoms with Gasteiger partial charge in [0.25, 0.3) is 5.91 Å². The predicted molar refractivity (Wildman–Crippen MR) is 90.8 cm³/mol. The highest BCUT2D eigenvalue weighted by molar-refractivity contribution is 5.98. The van der Waals surface area contributed by atoms with Gasteiger partial charge in [0, 0.05) is 12.6 Å². The van der Waals surface area contributed by atoms with E-state index >= 15 is 0 Å². The van der Waals surface area contributed by atoms with Gasteiger partial charge in [0.2, 0.25) is 5.75 Å². The van der Waals surface area contributed by atoms with Crippen molar-refractivity contribution in [2.45, 2.75) is 18.9 Å². The molecular formula is C18H18N2O5. The van der Waals surface area contributed by atoms with Gasteiger partial charge in [0.05, 0.1) is 23.6 Å². The van der Waals surface area contributed by atoms with Crippen LogP contribution in [0.5, 0.6) is 11.5 Å². The van der Waals surface area contributed by atoms with Crippen molar-refractivity contribution in [2.24, 2.45) is 0 Å². The second kappa shape index (κ2) is 6.80. The zero-order valence-corrected chi connectivity index (χ0v) is 13.7. The number of methoxy groups -OCH3 is 1. The van der Waals surface area contributed by atoms with Gasteiger partial charge in [-0.25, -0.2) is 0 Å². The van der Waals surface area contributed by atoms with Crippen LogP contribution in [0.2, 0.25) is 0 Å². The van der Waals surface area contributed by atoms with Gasteiger partial charge in [0.15, 0.2) is 0 Å². The molecule has 2 aromatic carbocycles. The number of carbonyl (C=O) groups is 1. The summed E-state index contributed by atoms with van der Waals surface area (Å²) >= 11 is 0. The van der Waals surface area contributed by atoms with Gasteiger partial charge in [-0.05, 0) is 36.6 Å². The van der Waals surface area contributed by atoms with Crippen molar-refractivity contribution < 1.29 is 19.6 Å². The summed E-state index contributed by atoms with van der Waals surface area (Å²) in [5.74, 6) is -0.296. The molecule has 1 N–H and O–H groups in total. The molecule has 0 spiro atoms. The summed E-state index contributed by atoms with van der Waals surface area (Å²) in [7, 11) is 1.58. The van der Waals surface area contributed by atoms with Crippen LogP contribution in [-0.4, -0.2) is 34.5 Å². The number of likely N-dealkylation sites (tertiary alicyclic amines) is 1. The number of carbonyl (C=O) groups excluding carboxylic acids is 1. The largest absolute Gasteiger partial charge is 0.502 e. The number of nitro groups is 1. The molecule has 0 bridgehead atoms. The van der Waals surface area contributed by atoms with Gasteiger partial charge < -0.3 is 14.7 Å². The van der Waals surface area contributed by atoms with Crippen LogP contribution in [0.1, 0.15) is 34.8 Å². The molecule has 0 radical (unpaired) electrons. The molecule has 2 aromatic rings. The summed E-state index contributed by atoms with van der Waals surface area (Å²) in [6.07, 6.45) is 1.61. The van der Waals surface area contributed by atoms with Crippen molar-refractivity contribution in [3.8, 4) is 11.5 Å². The Hall–Kier alpha value is -3.09. The van der Waals surface area contributed by atoms with Gasteiger partial charge >= 0.3 is 5.69 Å². The number of ether oxygens (including phenoxy) is 1. The Morgan fingerprint density at radius 3 is 2.80 bits per heavy atom. The predicted octanol–water partition coefficient (Wildman–Crippen LogP) is 3.29. The third-order valence-electron chi connectivity index (χ3n) is 4.43. The van der Waals surface area contributed by atoms with E-state index in [0.29, 0.717) is 12.3 Å². The van der Waals surface area contributed by atoms with Crippen LogP contribution in [0.4, 0.5) is 5.69 Å². The summed E-state index contributed by atoms with van der Waals surface area (Å²) in [4.78, 5) is 24.8. The van der Waals surface area contributed by atoms with Gasteiger partial charge in [-0.1, -0.05) is 18.2 Å². The second-order valence-electron chi connectivity index (χ2n) is 5.86. The lowest BCUT2D eigenvalue weighted by Crippen LogP contribution is -2.30. The number of hydrogen-bond donors (Lipinski definition) is 1. The molecule has 3 rings (SSSR count). The van der Waals surface area contributed by atoms with E-state index in [9.17, 15) is 20.0 Å². The van der Waals surface area contributed by atoms with Crippen molar-refractivity contribution in [3.05, 3.63) is 63.7 Å². The van der Waals surface area contributed by atoms with Gasteiger partial charge in [-0.2, -0.15) is 0 Å². The fourth-order valence-corrected chi connectivity index (χ4v) is 3.21. The molecule has 0 saturated carbocycles. The van der Waals surface area contributed by atoms with Crippen LogP contribution >= 0.6 is 0 Å². The first kappa shape index (κ1) is 16.8. The van der Waals surface area contributed by atoms with Crippen molar-refractivity contribution in [2.75, 3.05) is 13.7 Å². The fourth-order valence-electron chi connectivity index (χ4n) is 3.21. The molecule has 7 heteroatoms. The van der Waals surface area contributed by atoms with Crippen molar-refractivity contribution in [3.63, 3.8) is 0 Å². The summed E-state index contributed by atoms with van der Waals surface area (Å²) in [5, 5.41) is 21.1. The van der Waals surface area contributed by atoms with Crippen LogP contribution in [-0.2, 0) is 0 Å². The smallest absolute Gasteiger partial charge is 0.311 e. The first-order valence-corrected chi connectivity index (χ1v) is 7.94. The minimum atomic E-state index is -0.699. The standard InChI is InChI=1S/C18H18N2O5/c1-25-13-6-2-5-12(11-13)15-9-4-10-19(15)18(22)14-7-3-8-16(17(14)21)20(23)24/h2-3,5-8,11,15,21H,4,9-10H2,1H3/t15-/m1/s1. The molecule has 0 unspecified atom stereocenters. The minimum Gasteiger partial charge on any atom is -0.502 e. The zero-order chi connectivity index (χ0) is 18.0. The van der Waals surface area contributed by atoms with Gasteiger partial charge in [-0.3, -0.25) is 14.9 Å². The average molecular weight is 342 g/mol. The first-order valence-electron chi connectivity index (χ1n) is 7.94. The van der Waals surface area contributed by atoms with Crippen LogP contribution in [0.15, 0.2) is 42.5 Å². The summed E-state index contributed by atoms with van der Waals surface area (Å²) in [6.45, 7) is 0.531. The maximum atomic E-state index is 12.9. The number of phenolic OH excluding ortho intramolecular Hbond substituents is 1. The summed E-state index contributed by atoms with van der Waals surface area (Å²) in [5.41, 5.74) is 0.419. The quantitative estimate of drug-likeness (QED) is 0.680. The molecule has 1 amide bonds. The summed E-state index contributed by atoms with van der Waals surface area (Å²) < 4.78 is 5.24. The number of rotatable bonds is 4. The van der Waals surface area contributed by atoms with Gasteiger partial charge in [0.1, 0.15) is 5.75 Å². The van der Waals surface area contributed by atoms with E-state index in [1.54, 1.807) is 12.0 Å². The van der Waals surface area contributed by atoms with Crippen LogP contribution in [0, 0.1) is 10.1 Å². The summed E-state index contributed by atoms with van der Waals surface area (Å²) in [6, 6.07) is 11.3. The van der Waals surface area contributed by atoms with E-state index in [1.807, 2.05) is 24.3 Å². The third kappa shape index (κ3) is 3.13. The van der Waals surface area contributed by atoms with E-state index in [4.69, 9.17) is 4.74 Å². The number of phenols is 1. The molecule has 130 valence electrons. The van der Waals surface area contributed by atoms with Crippen molar-refractivity contribution in [1.82, 2.24) is 4.90 Å². The molecule has 0 aliphatic carbocycles. The molecule has 1 heterocycles. The maximum Gasteiger partial charge on any atom is 0.311 e. The molecule has 0 aromatic heterocycles. The van der Waals surface area contributed by atoms with Crippen LogP contribution in [0.3, 0.4) is 0 Å². The Kier molecular flexibility index (Phi) is 4.56. The SMILES string of the molecule is COc1cccc([C@H]2CCCN2C(=O)c2cccc([N+](=O)[O-])c2O)c1. The average Bonchev–Trinajstić information content (AvgIpc) is 3.11. The Bertz CT molecular complexity index is 821. The zero-order valence-electron chi connectivity index (χ0n) is 13.7. The molecule has 25 heavy (non-hydrogen) atoms. The molecular weight excluding hydrogens is 324 g/mol. The monoisotopic (exact) mass is 342 g/mol. The minimum absolute atomic E-state index is 0.0519. The lowest BCUT2D eigenvalue weighted by molar-refractivity contribution is -0.385. The van der Waals surface area contributed by atoms with Crippen LogP contribution in [0.25, 0.3) is 0 Å². The Balaban J connectivity index is 1.94. The van der Waals surface area contributed by atoms with Crippen LogP contribution < -0.4 is 4.74 Å². The third-order valence-corrected chi connectivity index (χ3v) is 4.43. The van der Waals surface area contributed by atoms with E-state index in [0.717, 1.165) is 18.4 Å². The molecule has 1 aliphatic heterocycles. The maximum absolute atomic E-state index is 12.9. The second-order valence-corrected chi connectivity index (χ2v) is 5.86. The number of para-hydroxylation sites is 1. The van der Waals surface area contributed by atoms with Crippen molar-refractivity contribution >= 4 is 11.6 Å². The number of nitro benzene ring substituents is 1. The molecule has 1 saturated heterocycles. The molecule has 1 atom stereocenters. The van der Waals surface area contributed by atoms with E-state index < -0.39 is 22.3 Å². The number of nitrogens with zero attached hydrogens (tertiary/aromatic N) is 2. The Labute approximate surface area is 144 Å². The van der Waals surface area contributed by atoms with E-state index in [-0.39, 0.29) is 11.6 Å². The topological polar surface area (TPSA) is 92.9 Å². The number of benzene rings is 2. The van der Waals surface area contributed by atoms with E-state index in [2.05, 4.69) is 0 Å². The normalized spacial score (nSPS) is 16.7. The fraction of sp³-hybridized carbons (Fsp3) is 0.278. The lowest BCUT2D eigenvalue weighted by Gasteiger charge is -2.25. The van der Waals surface area contributed by atoms with Crippen molar-refractivity contribution in [1.29, 1.82) is 0 Å². The van der Waals surface area contributed by atoms with Gasteiger partial charge in [-0.15, -0.1) is 0 Å². The molecule has 1 fully saturated rings. The highest BCUT2D eigenvalue weighted by atomic mass is 16.6. The Morgan fingerprint density at radius 1 is 1.32 bits per heavy atom. The lowest BCUT2D eigenvalue weighted by atomic mass is 10.0. The molecule has 7 nitrogen and oxygen atoms in total. The van der Waals surface area contributed by atoms with E-state index in [1.165, 1.54) is 18.2 Å². The number of aromatic hydroxyl groups is 1.